The van der Waals surface area contributed by atoms with Crippen molar-refractivity contribution in [2.75, 3.05) is 79.1 Å². The van der Waals surface area contributed by atoms with Crippen LogP contribution >= 0.6 is 0 Å². The van der Waals surface area contributed by atoms with Crippen molar-refractivity contribution in [2.24, 2.45) is 11.3 Å². The number of H-pyrrole nitrogens is 1. The molecule has 1 heterocycles. The number of carboxylic acids is 1. The summed E-state index contributed by atoms with van der Waals surface area (Å²) in [4.78, 5) is 90.2. The largest absolute Gasteiger partial charge is 0.481 e. The van der Waals surface area contributed by atoms with Crippen molar-refractivity contribution in [2.45, 2.75) is 91.0 Å². The van der Waals surface area contributed by atoms with E-state index in [2.05, 4.69) is 20.9 Å². The molecule has 1 aromatic rings. The standard InChI is InChI=1S/C39H64N4O13/c1-4-18-53-20-22-55-28-37(50)42-17-19-54-21-23-56-27-36(49)41-15-6-5-11-31(33(46)26-44)43-25-32(45)29(13-14-38(51)52)24-35(48)39(2,3)34(47)12-7-9-30-10-8-16-40-30/h8,10,16,29,31,40,43-44H,4-7,9,11-15,17-28H2,1-3H3,(H,41,49)(H,42,50)(H,51,52)/t29-,31+/m1/s1. The Labute approximate surface area is 329 Å². The third-order valence-electron chi connectivity index (χ3n) is 8.94. The highest BCUT2D eigenvalue weighted by Crippen LogP contribution is 2.27. The lowest BCUT2D eigenvalue weighted by molar-refractivity contribution is -0.142. The number of hydrogen-bond acceptors (Lipinski definition) is 13. The first kappa shape index (κ1) is 50.1. The number of carboxylic acid groups (broad SMARTS) is 1. The van der Waals surface area contributed by atoms with Gasteiger partial charge in [-0.25, -0.2) is 0 Å². The monoisotopic (exact) mass is 796 g/mol. The number of nitrogens with one attached hydrogen (secondary N) is 4. The third-order valence-corrected chi connectivity index (χ3v) is 8.94. The molecule has 6 N–H and O–H groups in total. The quantitative estimate of drug-likeness (QED) is 0.0411. The number of rotatable bonds is 37. The average molecular weight is 797 g/mol. The van der Waals surface area contributed by atoms with Gasteiger partial charge in [-0.2, -0.15) is 0 Å². The van der Waals surface area contributed by atoms with Crippen molar-refractivity contribution in [1.29, 1.82) is 0 Å². The Kier molecular flexibility index (Phi) is 27.1. The van der Waals surface area contributed by atoms with Crippen LogP contribution in [0.5, 0.6) is 0 Å². The predicted molar refractivity (Wildman–Crippen MR) is 205 cm³/mol. The van der Waals surface area contributed by atoms with Crippen LogP contribution in [0.4, 0.5) is 0 Å². The molecular formula is C39H64N4O13. The summed E-state index contributed by atoms with van der Waals surface area (Å²) < 4.78 is 21.2. The minimum Gasteiger partial charge on any atom is -0.481 e. The number of aliphatic hydroxyl groups excluding tert-OH is 1. The first-order valence-electron chi connectivity index (χ1n) is 19.5. The fourth-order valence-electron chi connectivity index (χ4n) is 5.42. The van der Waals surface area contributed by atoms with Crippen LogP contribution in [0, 0.1) is 11.3 Å². The van der Waals surface area contributed by atoms with Gasteiger partial charge in [-0.1, -0.05) is 6.92 Å². The minimum atomic E-state index is -1.36. The second-order valence-corrected chi connectivity index (χ2v) is 13.9. The zero-order valence-electron chi connectivity index (χ0n) is 33.3. The third kappa shape index (κ3) is 23.3. The summed E-state index contributed by atoms with van der Waals surface area (Å²) in [5.41, 5.74) is -0.388. The molecule has 2 amide bonds. The van der Waals surface area contributed by atoms with Crippen LogP contribution in [0.2, 0.25) is 0 Å². The smallest absolute Gasteiger partial charge is 0.303 e. The normalized spacial score (nSPS) is 12.5. The molecule has 0 unspecified atom stereocenters. The van der Waals surface area contributed by atoms with Crippen LogP contribution in [0.25, 0.3) is 0 Å². The molecule has 0 aromatic carbocycles. The fraction of sp³-hybridized carbons (Fsp3) is 0.718. The molecule has 0 saturated heterocycles. The number of unbranched alkanes of at least 4 members (excludes halogenated alkanes) is 1. The number of hydrogen-bond donors (Lipinski definition) is 6. The van der Waals surface area contributed by atoms with E-state index in [4.69, 9.17) is 18.9 Å². The van der Waals surface area contributed by atoms with E-state index in [0.717, 1.165) is 12.1 Å². The summed E-state index contributed by atoms with van der Waals surface area (Å²) in [5, 5.41) is 27.0. The Balaban J connectivity index is 2.37. The summed E-state index contributed by atoms with van der Waals surface area (Å²) in [7, 11) is 0. The van der Waals surface area contributed by atoms with Crippen molar-refractivity contribution in [3.8, 4) is 0 Å². The molecule has 0 aliphatic rings. The van der Waals surface area contributed by atoms with Gasteiger partial charge < -0.3 is 50.1 Å². The summed E-state index contributed by atoms with van der Waals surface area (Å²) in [5.74, 6) is -4.45. The van der Waals surface area contributed by atoms with Gasteiger partial charge in [-0.3, -0.25) is 33.6 Å². The van der Waals surface area contributed by atoms with Crippen molar-refractivity contribution in [3.05, 3.63) is 24.0 Å². The number of aryl methyl sites for hydroxylation is 1. The zero-order chi connectivity index (χ0) is 41.6. The van der Waals surface area contributed by atoms with E-state index in [-0.39, 0.29) is 89.3 Å². The lowest BCUT2D eigenvalue weighted by Crippen LogP contribution is -2.43. The van der Waals surface area contributed by atoms with Crippen molar-refractivity contribution < 1.29 is 62.7 Å². The molecule has 2 atom stereocenters. The maximum atomic E-state index is 13.3. The Hall–Kier alpha value is -3.87. The molecule has 56 heavy (non-hydrogen) atoms. The number of carbonyl (C=O) groups is 7. The number of aromatic nitrogens is 1. The van der Waals surface area contributed by atoms with Crippen LogP contribution in [-0.4, -0.2) is 141 Å². The van der Waals surface area contributed by atoms with Gasteiger partial charge in [0.05, 0.1) is 51.0 Å². The van der Waals surface area contributed by atoms with Crippen LogP contribution in [-0.2, 0) is 58.9 Å². The molecule has 17 nitrogen and oxygen atoms in total. The molecule has 0 saturated carbocycles. The predicted octanol–water partition coefficient (Wildman–Crippen LogP) is 1.34. The number of aliphatic hydroxyl groups is 1. The van der Waals surface area contributed by atoms with Gasteiger partial charge in [0.25, 0.3) is 0 Å². The number of amides is 2. The molecular weight excluding hydrogens is 732 g/mol. The van der Waals surface area contributed by atoms with Gasteiger partial charge in [0, 0.05) is 56.8 Å². The lowest BCUT2D eigenvalue weighted by atomic mass is 9.76. The van der Waals surface area contributed by atoms with E-state index in [0.29, 0.717) is 58.6 Å². The highest BCUT2D eigenvalue weighted by atomic mass is 16.5. The number of carbonyl (C=O) groups excluding carboxylic acids is 6. The maximum Gasteiger partial charge on any atom is 0.303 e. The molecule has 0 radical (unpaired) electrons. The molecule has 1 rings (SSSR count). The van der Waals surface area contributed by atoms with Gasteiger partial charge in [-0.15, -0.1) is 0 Å². The van der Waals surface area contributed by atoms with Gasteiger partial charge in [-0.05, 0) is 70.9 Å². The van der Waals surface area contributed by atoms with E-state index in [1.54, 1.807) is 6.20 Å². The highest BCUT2D eigenvalue weighted by Gasteiger charge is 2.37. The molecule has 0 aliphatic carbocycles. The van der Waals surface area contributed by atoms with Crippen LogP contribution in [0.1, 0.15) is 84.3 Å². The maximum absolute atomic E-state index is 13.3. The fourth-order valence-corrected chi connectivity index (χ4v) is 5.42. The van der Waals surface area contributed by atoms with Crippen LogP contribution < -0.4 is 16.0 Å². The summed E-state index contributed by atoms with van der Waals surface area (Å²) in [6.07, 6.45) is 4.48. The lowest BCUT2D eigenvalue weighted by Gasteiger charge is -2.25. The van der Waals surface area contributed by atoms with Gasteiger partial charge in [0.1, 0.15) is 37.2 Å². The summed E-state index contributed by atoms with van der Waals surface area (Å²) >= 11 is 0. The number of Topliss-reactive ketones (excluding diaryl/α,β-unsaturated/α-hetero) is 4. The van der Waals surface area contributed by atoms with Crippen molar-refractivity contribution in [1.82, 2.24) is 20.9 Å². The molecule has 0 fully saturated rings. The molecule has 17 heteroatoms. The van der Waals surface area contributed by atoms with Gasteiger partial charge in [0.15, 0.2) is 5.78 Å². The highest BCUT2D eigenvalue weighted by molar-refractivity contribution is 6.07. The molecule has 1 aromatic heterocycles. The molecule has 318 valence electrons. The minimum absolute atomic E-state index is 0.0591. The van der Waals surface area contributed by atoms with Crippen LogP contribution in [0.15, 0.2) is 18.3 Å². The summed E-state index contributed by atoms with van der Waals surface area (Å²) in [6.45, 7) is 6.42. The second-order valence-electron chi connectivity index (χ2n) is 13.9. The number of aromatic amines is 1. The number of ketones is 4. The van der Waals surface area contributed by atoms with E-state index in [9.17, 15) is 43.8 Å². The Bertz CT molecular complexity index is 1320. The summed E-state index contributed by atoms with van der Waals surface area (Å²) in [6, 6.07) is 2.88. The molecule has 0 aliphatic heterocycles. The number of ether oxygens (including phenoxy) is 4. The topological polar surface area (TPSA) is 249 Å². The SMILES string of the molecule is CCCOCCOCC(=O)NCCOCCOCC(=O)NCCCC[C@H](NCC(=O)[C@H](CCC(=O)O)CC(=O)C(C)(C)C(=O)CCCc1ccc[nH]1)C(=O)CO. The Morgan fingerprint density at radius 1 is 0.768 bits per heavy atom. The zero-order valence-corrected chi connectivity index (χ0v) is 33.3. The second kappa shape index (κ2) is 30.3. The van der Waals surface area contributed by atoms with E-state index in [1.165, 1.54) is 13.8 Å². The molecule has 0 spiro atoms. The van der Waals surface area contributed by atoms with E-state index >= 15 is 0 Å². The van der Waals surface area contributed by atoms with E-state index in [1.807, 2.05) is 19.1 Å². The number of aliphatic carboxylic acids is 1. The molecule has 0 bridgehead atoms. The average Bonchev–Trinajstić information content (AvgIpc) is 3.69. The van der Waals surface area contributed by atoms with Gasteiger partial charge >= 0.3 is 5.97 Å². The van der Waals surface area contributed by atoms with Crippen molar-refractivity contribution in [3.63, 3.8) is 0 Å². The van der Waals surface area contributed by atoms with Crippen LogP contribution in [0.3, 0.4) is 0 Å². The first-order chi connectivity index (χ1) is 26.8. The Morgan fingerprint density at radius 3 is 2.02 bits per heavy atom. The Morgan fingerprint density at radius 2 is 1.41 bits per heavy atom. The van der Waals surface area contributed by atoms with Crippen molar-refractivity contribution >= 4 is 40.9 Å². The van der Waals surface area contributed by atoms with E-state index < -0.39 is 47.3 Å². The first-order valence-corrected chi connectivity index (χ1v) is 19.5. The van der Waals surface area contributed by atoms with Gasteiger partial charge in [0.2, 0.25) is 11.8 Å².